The summed E-state index contributed by atoms with van der Waals surface area (Å²) in [6.45, 7) is -0.512. The first-order chi connectivity index (χ1) is 13.9. The third-order valence-corrected chi connectivity index (χ3v) is 4.61. The fraction of sp³-hybridized carbons (Fsp3) is 0.105. The number of rotatable bonds is 7. The molecule has 29 heavy (non-hydrogen) atoms. The highest BCUT2D eigenvalue weighted by Gasteiger charge is 2.14. The van der Waals surface area contributed by atoms with E-state index < -0.39 is 24.2 Å². The van der Waals surface area contributed by atoms with Crippen molar-refractivity contribution < 1.29 is 23.1 Å². The van der Waals surface area contributed by atoms with Crippen LogP contribution in [0.5, 0.6) is 0 Å². The molecular weight excluding hydrogens is 424 g/mol. The number of hydrogen-bond donors (Lipinski definition) is 2. The number of benzene rings is 2. The number of nitrogens with one attached hydrogen (secondary N) is 2. The van der Waals surface area contributed by atoms with Crippen molar-refractivity contribution >= 4 is 40.9 Å². The molecule has 0 saturated heterocycles. The molecule has 6 nitrogen and oxygen atoms in total. The molecule has 2 aromatic carbocycles. The predicted octanol–water partition coefficient (Wildman–Crippen LogP) is 4.84. The van der Waals surface area contributed by atoms with Crippen LogP contribution in [0.4, 0.5) is 14.5 Å². The van der Waals surface area contributed by atoms with Gasteiger partial charge in [-0.25, -0.2) is 4.79 Å². The van der Waals surface area contributed by atoms with E-state index in [1.807, 2.05) is 0 Å². The Kier molecular flexibility index (Phi) is 6.84. The molecule has 0 aliphatic rings. The molecule has 10 heteroatoms. The van der Waals surface area contributed by atoms with Gasteiger partial charge in [0.05, 0.1) is 5.69 Å². The summed E-state index contributed by atoms with van der Waals surface area (Å²) in [6, 6.07) is 14.3. The molecular formula is C19H14ClF2N3O3S. The second-order valence-corrected chi connectivity index (χ2v) is 7.20. The molecule has 0 aliphatic heterocycles. The van der Waals surface area contributed by atoms with E-state index in [0.29, 0.717) is 33.1 Å². The largest absolute Gasteiger partial charge is 0.451 e. The van der Waals surface area contributed by atoms with Crippen molar-refractivity contribution in [2.45, 2.75) is 10.7 Å². The van der Waals surface area contributed by atoms with Crippen LogP contribution in [0.3, 0.4) is 0 Å². The lowest BCUT2D eigenvalue weighted by atomic mass is 10.1. The summed E-state index contributed by atoms with van der Waals surface area (Å²) in [6.07, 6.45) is 0. The maximum absolute atomic E-state index is 12.3. The molecule has 1 amide bonds. The fourth-order valence-electron chi connectivity index (χ4n) is 2.32. The minimum atomic E-state index is -2.52. The highest BCUT2D eigenvalue weighted by Crippen LogP contribution is 2.26. The van der Waals surface area contributed by atoms with Crippen LogP contribution >= 0.6 is 23.4 Å². The van der Waals surface area contributed by atoms with Crippen molar-refractivity contribution in [1.29, 1.82) is 0 Å². The van der Waals surface area contributed by atoms with Crippen molar-refractivity contribution in [3.05, 3.63) is 65.3 Å². The third-order valence-electron chi connectivity index (χ3n) is 3.64. The molecule has 0 aliphatic carbocycles. The summed E-state index contributed by atoms with van der Waals surface area (Å²) in [7, 11) is 0. The number of anilines is 1. The summed E-state index contributed by atoms with van der Waals surface area (Å²) in [4.78, 5) is 24.4. The molecule has 0 atom stereocenters. The average Bonchev–Trinajstić information content (AvgIpc) is 3.18. The zero-order valence-corrected chi connectivity index (χ0v) is 16.3. The first-order valence-electron chi connectivity index (χ1n) is 8.24. The molecule has 0 radical (unpaired) electrons. The number of amides is 1. The standard InChI is InChI=1S/C19H14ClF2N3O3S/c20-12-3-1-11(2-4-12)15-9-16(25-24-15)18(27)28-10-17(26)23-13-5-7-14(8-6-13)29-19(21)22/h1-9,19H,10H2,(H,23,26)(H,24,25). The van der Waals surface area contributed by atoms with Gasteiger partial charge < -0.3 is 10.1 Å². The van der Waals surface area contributed by atoms with Crippen LogP contribution in [-0.2, 0) is 9.53 Å². The number of H-pyrrole nitrogens is 1. The van der Waals surface area contributed by atoms with E-state index in [1.54, 1.807) is 24.3 Å². The number of ether oxygens (including phenoxy) is 1. The zero-order chi connectivity index (χ0) is 20.8. The average molecular weight is 438 g/mol. The normalized spacial score (nSPS) is 10.8. The van der Waals surface area contributed by atoms with Gasteiger partial charge in [0.25, 0.3) is 11.7 Å². The van der Waals surface area contributed by atoms with Gasteiger partial charge in [-0.05, 0) is 42.5 Å². The van der Waals surface area contributed by atoms with Gasteiger partial charge >= 0.3 is 5.97 Å². The lowest BCUT2D eigenvalue weighted by molar-refractivity contribution is -0.119. The predicted molar refractivity (Wildman–Crippen MR) is 106 cm³/mol. The first-order valence-corrected chi connectivity index (χ1v) is 9.49. The molecule has 3 aromatic rings. The van der Waals surface area contributed by atoms with Crippen molar-refractivity contribution in [3.8, 4) is 11.3 Å². The molecule has 0 fully saturated rings. The first kappa shape index (κ1) is 20.8. The monoisotopic (exact) mass is 437 g/mol. The van der Waals surface area contributed by atoms with E-state index in [1.165, 1.54) is 30.3 Å². The number of esters is 1. The third kappa shape index (κ3) is 6.03. The maximum Gasteiger partial charge on any atom is 0.356 e. The molecule has 0 spiro atoms. The topological polar surface area (TPSA) is 84.1 Å². The smallest absolute Gasteiger partial charge is 0.356 e. The van der Waals surface area contributed by atoms with E-state index >= 15 is 0 Å². The van der Waals surface area contributed by atoms with Crippen LogP contribution in [0.1, 0.15) is 10.5 Å². The minimum absolute atomic E-state index is 0.0936. The van der Waals surface area contributed by atoms with Crippen molar-refractivity contribution in [1.82, 2.24) is 10.2 Å². The summed E-state index contributed by atoms with van der Waals surface area (Å²) in [5.41, 5.74) is 1.78. The molecule has 1 aromatic heterocycles. The van der Waals surface area contributed by atoms with Crippen LogP contribution in [0, 0.1) is 0 Å². The highest BCUT2D eigenvalue weighted by molar-refractivity contribution is 7.99. The van der Waals surface area contributed by atoms with Crippen LogP contribution in [0.2, 0.25) is 5.02 Å². The lowest BCUT2D eigenvalue weighted by Gasteiger charge is -2.07. The number of hydrogen-bond acceptors (Lipinski definition) is 5. The van der Waals surface area contributed by atoms with Crippen molar-refractivity contribution in [2.24, 2.45) is 0 Å². The van der Waals surface area contributed by atoms with Gasteiger partial charge in [0.15, 0.2) is 6.61 Å². The Bertz CT molecular complexity index is 995. The molecule has 0 bridgehead atoms. The van der Waals surface area contributed by atoms with E-state index in [9.17, 15) is 18.4 Å². The number of carbonyl (C=O) groups is 2. The number of thioether (sulfide) groups is 1. The minimum Gasteiger partial charge on any atom is -0.451 e. The Morgan fingerprint density at radius 1 is 1.14 bits per heavy atom. The molecule has 0 unspecified atom stereocenters. The maximum atomic E-state index is 12.3. The Balaban J connectivity index is 1.51. The fourth-order valence-corrected chi connectivity index (χ4v) is 2.95. The van der Waals surface area contributed by atoms with Crippen LogP contribution in [-0.4, -0.2) is 34.4 Å². The second kappa shape index (κ2) is 9.53. The van der Waals surface area contributed by atoms with Gasteiger partial charge in [-0.2, -0.15) is 13.9 Å². The van der Waals surface area contributed by atoms with Gasteiger partial charge in [-0.15, -0.1) is 0 Å². The van der Waals surface area contributed by atoms with Crippen LogP contribution in [0.15, 0.2) is 59.5 Å². The number of carbonyl (C=O) groups excluding carboxylic acids is 2. The molecule has 0 saturated carbocycles. The summed E-state index contributed by atoms with van der Waals surface area (Å²) < 4.78 is 29.5. The number of alkyl halides is 2. The number of halogens is 3. The zero-order valence-electron chi connectivity index (χ0n) is 14.7. The van der Waals surface area contributed by atoms with Crippen LogP contribution < -0.4 is 5.32 Å². The second-order valence-electron chi connectivity index (χ2n) is 5.70. The van der Waals surface area contributed by atoms with Gasteiger partial charge in [-0.3, -0.25) is 9.89 Å². The molecule has 1 heterocycles. The summed E-state index contributed by atoms with van der Waals surface area (Å²) >= 11 is 6.25. The van der Waals surface area contributed by atoms with Crippen LogP contribution in [0.25, 0.3) is 11.3 Å². The van der Waals surface area contributed by atoms with E-state index in [4.69, 9.17) is 16.3 Å². The van der Waals surface area contributed by atoms with E-state index in [-0.39, 0.29) is 5.69 Å². The Morgan fingerprint density at radius 2 is 1.83 bits per heavy atom. The van der Waals surface area contributed by atoms with Gasteiger partial charge in [0, 0.05) is 21.2 Å². The highest BCUT2D eigenvalue weighted by atomic mass is 35.5. The summed E-state index contributed by atoms with van der Waals surface area (Å²) in [5.74, 6) is -3.82. The quantitative estimate of drug-likeness (QED) is 0.408. The summed E-state index contributed by atoms with van der Waals surface area (Å²) in [5, 5.41) is 9.69. The number of aromatic amines is 1. The Morgan fingerprint density at radius 3 is 2.48 bits per heavy atom. The Hall–Kier alpha value is -2.91. The molecule has 3 rings (SSSR count). The van der Waals surface area contributed by atoms with E-state index in [0.717, 1.165) is 5.56 Å². The van der Waals surface area contributed by atoms with E-state index in [2.05, 4.69) is 15.5 Å². The number of aromatic nitrogens is 2. The van der Waals surface area contributed by atoms with Crippen molar-refractivity contribution in [3.63, 3.8) is 0 Å². The molecule has 2 N–H and O–H groups in total. The Labute approximate surface area is 173 Å². The number of nitrogens with zero attached hydrogens (tertiary/aromatic N) is 1. The van der Waals surface area contributed by atoms with Gasteiger partial charge in [0.2, 0.25) is 0 Å². The van der Waals surface area contributed by atoms with Crippen molar-refractivity contribution in [2.75, 3.05) is 11.9 Å². The lowest BCUT2D eigenvalue weighted by Crippen LogP contribution is -2.21. The molecule has 150 valence electrons. The SMILES string of the molecule is O=C(COC(=O)c1cc(-c2ccc(Cl)cc2)n[nH]1)Nc1ccc(SC(F)F)cc1. The van der Waals surface area contributed by atoms with Gasteiger partial charge in [0.1, 0.15) is 5.69 Å². The van der Waals surface area contributed by atoms with Gasteiger partial charge in [-0.1, -0.05) is 35.5 Å².